The average molecular weight is 360 g/mol. The Labute approximate surface area is 144 Å². The van der Waals surface area contributed by atoms with Gasteiger partial charge in [-0.2, -0.15) is 4.31 Å². The lowest BCUT2D eigenvalue weighted by Gasteiger charge is -2.22. The first-order valence-electron chi connectivity index (χ1n) is 7.92. The van der Waals surface area contributed by atoms with Crippen LogP contribution >= 0.6 is 0 Å². The summed E-state index contributed by atoms with van der Waals surface area (Å²) in [5.41, 5.74) is 1.12. The molecule has 0 aromatic heterocycles. The molecule has 1 amide bonds. The Morgan fingerprint density at radius 1 is 1.24 bits per heavy atom. The third kappa shape index (κ3) is 2.11. The molecule has 2 aliphatic rings. The van der Waals surface area contributed by atoms with Crippen molar-refractivity contribution in [2.45, 2.75) is 23.8 Å². The van der Waals surface area contributed by atoms with E-state index >= 15 is 0 Å². The number of nitrogens with zero attached hydrogens (tertiary/aromatic N) is 2. The summed E-state index contributed by atoms with van der Waals surface area (Å²) in [4.78, 5) is 25.3. The molecule has 0 spiro atoms. The SMILES string of the molecule is CN1C(=O)c2cccc3c(S(=O)(=O)N4CCC[C@H]4C(=O)O)ccc1c23. The Hall–Kier alpha value is -2.45. The molecule has 130 valence electrons. The number of hydrogen-bond donors (Lipinski definition) is 1. The topological polar surface area (TPSA) is 95.0 Å². The predicted octanol–water partition coefficient (Wildman–Crippen LogP) is 1.67. The Bertz CT molecular complexity index is 1030. The van der Waals surface area contributed by atoms with E-state index in [1.807, 2.05) is 0 Å². The van der Waals surface area contributed by atoms with E-state index in [-0.39, 0.29) is 17.3 Å². The molecule has 2 aliphatic heterocycles. The second-order valence-corrected chi connectivity index (χ2v) is 8.15. The first-order chi connectivity index (χ1) is 11.8. The standard InChI is InChI=1S/C17H16N2O5S/c1-18-12-7-8-14(10-4-2-5-11(15(10)12)16(18)20)25(23,24)19-9-3-6-13(19)17(21)22/h2,4-5,7-8,13H,3,6,9H2,1H3,(H,21,22)/t13-/m0/s1. The van der Waals surface area contributed by atoms with Gasteiger partial charge >= 0.3 is 5.97 Å². The lowest BCUT2D eigenvalue weighted by atomic mass is 10.1. The number of carbonyl (C=O) groups is 2. The highest BCUT2D eigenvalue weighted by molar-refractivity contribution is 7.89. The fourth-order valence-electron chi connectivity index (χ4n) is 3.74. The highest BCUT2D eigenvalue weighted by Crippen LogP contribution is 2.40. The molecule has 1 fully saturated rings. The van der Waals surface area contributed by atoms with Crippen molar-refractivity contribution < 1.29 is 23.1 Å². The molecule has 1 atom stereocenters. The maximum Gasteiger partial charge on any atom is 0.322 e. The monoisotopic (exact) mass is 360 g/mol. The van der Waals surface area contributed by atoms with Crippen molar-refractivity contribution >= 4 is 38.4 Å². The predicted molar refractivity (Wildman–Crippen MR) is 91.2 cm³/mol. The molecule has 0 unspecified atom stereocenters. The number of rotatable bonds is 3. The van der Waals surface area contributed by atoms with Crippen molar-refractivity contribution in [2.75, 3.05) is 18.5 Å². The molecule has 2 heterocycles. The fraction of sp³-hybridized carbons (Fsp3) is 0.294. The van der Waals surface area contributed by atoms with Crippen LogP contribution < -0.4 is 4.90 Å². The van der Waals surface area contributed by atoms with Crippen molar-refractivity contribution in [3.63, 3.8) is 0 Å². The summed E-state index contributed by atoms with van der Waals surface area (Å²) in [6.07, 6.45) is 0.815. The minimum Gasteiger partial charge on any atom is -0.480 e. The van der Waals surface area contributed by atoms with Crippen LogP contribution in [0.5, 0.6) is 0 Å². The summed E-state index contributed by atoms with van der Waals surface area (Å²) in [6, 6.07) is 7.00. The van der Waals surface area contributed by atoms with Crippen molar-refractivity contribution in [2.24, 2.45) is 0 Å². The number of carbonyl (C=O) groups excluding carboxylic acids is 1. The molecular formula is C17H16N2O5S. The largest absolute Gasteiger partial charge is 0.480 e. The second-order valence-electron chi connectivity index (χ2n) is 6.29. The minimum absolute atomic E-state index is 0.0457. The third-order valence-corrected chi connectivity index (χ3v) is 6.92. The van der Waals surface area contributed by atoms with Gasteiger partial charge in [-0.25, -0.2) is 8.42 Å². The molecule has 0 saturated carbocycles. The fourth-order valence-corrected chi connectivity index (χ4v) is 5.58. The van der Waals surface area contributed by atoms with Gasteiger partial charge in [-0.15, -0.1) is 0 Å². The van der Waals surface area contributed by atoms with Crippen LogP contribution in [-0.4, -0.2) is 49.3 Å². The minimum atomic E-state index is -3.98. The molecule has 2 aromatic rings. The number of anilines is 1. The van der Waals surface area contributed by atoms with Crippen LogP contribution in [0.2, 0.25) is 0 Å². The Morgan fingerprint density at radius 2 is 2.00 bits per heavy atom. The molecule has 0 bridgehead atoms. The Kier molecular flexibility index (Phi) is 3.38. The van der Waals surface area contributed by atoms with Gasteiger partial charge < -0.3 is 10.0 Å². The lowest BCUT2D eigenvalue weighted by Crippen LogP contribution is -2.40. The van der Waals surface area contributed by atoms with E-state index < -0.39 is 22.0 Å². The number of carboxylic acid groups (broad SMARTS) is 1. The van der Waals surface area contributed by atoms with Crippen LogP contribution in [0.15, 0.2) is 35.2 Å². The normalized spacial score (nSPS) is 20.6. The van der Waals surface area contributed by atoms with E-state index in [0.29, 0.717) is 34.9 Å². The van der Waals surface area contributed by atoms with Gasteiger partial charge in [0.2, 0.25) is 10.0 Å². The van der Waals surface area contributed by atoms with E-state index in [1.165, 1.54) is 11.0 Å². The van der Waals surface area contributed by atoms with Gasteiger partial charge in [0.1, 0.15) is 6.04 Å². The van der Waals surface area contributed by atoms with Crippen molar-refractivity contribution in [1.82, 2.24) is 4.31 Å². The zero-order valence-corrected chi connectivity index (χ0v) is 14.3. The van der Waals surface area contributed by atoms with E-state index in [2.05, 4.69) is 0 Å². The number of hydrogen-bond acceptors (Lipinski definition) is 4. The van der Waals surface area contributed by atoms with Crippen LogP contribution in [0.4, 0.5) is 5.69 Å². The summed E-state index contributed by atoms with van der Waals surface area (Å²) >= 11 is 0. The molecule has 2 aromatic carbocycles. The van der Waals surface area contributed by atoms with Crippen LogP contribution in [0.1, 0.15) is 23.2 Å². The average Bonchev–Trinajstić information content (AvgIpc) is 3.17. The van der Waals surface area contributed by atoms with Crippen LogP contribution in [0.25, 0.3) is 10.8 Å². The van der Waals surface area contributed by atoms with Gasteiger partial charge in [0.15, 0.2) is 0 Å². The number of benzene rings is 2. The zero-order chi connectivity index (χ0) is 17.9. The molecule has 1 N–H and O–H groups in total. The van der Waals surface area contributed by atoms with Gasteiger partial charge in [-0.3, -0.25) is 9.59 Å². The van der Waals surface area contributed by atoms with E-state index in [0.717, 1.165) is 4.31 Å². The molecule has 7 nitrogen and oxygen atoms in total. The smallest absolute Gasteiger partial charge is 0.322 e. The second kappa shape index (κ2) is 5.27. The molecule has 0 aliphatic carbocycles. The Morgan fingerprint density at radius 3 is 2.72 bits per heavy atom. The maximum atomic E-state index is 13.1. The van der Waals surface area contributed by atoms with Gasteiger partial charge in [-0.05, 0) is 31.0 Å². The molecule has 8 heteroatoms. The molecular weight excluding hydrogens is 344 g/mol. The summed E-state index contributed by atoms with van der Waals surface area (Å²) in [5, 5.41) is 10.4. The van der Waals surface area contributed by atoms with Gasteiger partial charge in [0, 0.05) is 29.9 Å². The lowest BCUT2D eigenvalue weighted by molar-refractivity contribution is -0.140. The third-order valence-electron chi connectivity index (χ3n) is 4.95. The number of sulfonamides is 1. The van der Waals surface area contributed by atoms with Gasteiger partial charge in [0.05, 0.1) is 10.6 Å². The van der Waals surface area contributed by atoms with E-state index in [1.54, 1.807) is 31.3 Å². The van der Waals surface area contributed by atoms with Crippen molar-refractivity contribution in [3.8, 4) is 0 Å². The summed E-state index contributed by atoms with van der Waals surface area (Å²) in [5.74, 6) is -1.32. The van der Waals surface area contributed by atoms with Crippen molar-refractivity contribution in [1.29, 1.82) is 0 Å². The molecule has 1 saturated heterocycles. The van der Waals surface area contributed by atoms with Crippen LogP contribution in [0, 0.1) is 0 Å². The first kappa shape index (κ1) is 16.0. The van der Waals surface area contributed by atoms with Crippen LogP contribution in [0.3, 0.4) is 0 Å². The van der Waals surface area contributed by atoms with Gasteiger partial charge in [0.25, 0.3) is 5.91 Å². The molecule has 4 rings (SSSR count). The number of carboxylic acids is 1. The Balaban J connectivity index is 1.95. The quantitative estimate of drug-likeness (QED) is 0.898. The van der Waals surface area contributed by atoms with Crippen LogP contribution in [-0.2, 0) is 14.8 Å². The summed E-state index contributed by atoms with van der Waals surface area (Å²) in [7, 11) is -2.33. The molecule has 0 radical (unpaired) electrons. The number of aliphatic carboxylic acids is 1. The van der Waals surface area contributed by atoms with Gasteiger partial charge in [-0.1, -0.05) is 12.1 Å². The maximum absolute atomic E-state index is 13.1. The summed E-state index contributed by atoms with van der Waals surface area (Å²) < 4.78 is 27.3. The molecule has 25 heavy (non-hydrogen) atoms. The zero-order valence-electron chi connectivity index (χ0n) is 13.5. The van der Waals surface area contributed by atoms with E-state index in [4.69, 9.17) is 0 Å². The summed E-state index contributed by atoms with van der Waals surface area (Å²) in [6.45, 7) is 0.182. The first-order valence-corrected chi connectivity index (χ1v) is 9.36. The highest BCUT2D eigenvalue weighted by Gasteiger charge is 2.41. The highest BCUT2D eigenvalue weighted by atomic mass is 32.2. The van der Waals surface area contributed by atoms with E-state index in [9.17, 15) is 23.1 Å². The van der Waals surface area contributed by atoms with Crippen molar-refractivity contribution in [3.05, 3.63) is 35.9 Å². The number of amides is 1.